The van der Waals surface area contributed by atoms with Crippen molar-refractivity contribution in [3.05, 3.63) is 36.4 Å². The van der Waals surface area contributed by atoms with Crippen LogP contribution in [0.3, 0.4) is 0 Å². The fourth-order valence-electron chi connectivity index (χ4n) is 1.87. The molecule has 5 nitrogen and oxygen atoms in total. The van der Waals surface area contributed by atoms with Crippen molar-refractivity contribution in [2.24, 2.45) is 5.73 Å². The zero-order chi connectivity index (χ0) is 13.2. The topological polar surface area (TPSA) is 92.4 Å². The molecule has 0 aliphatic carbocycles. The average molecular weight is 290 g/mol. The summed E-state index contributed by atoms with van der Waals surface area (Å²) >= 11 is 0. The summed E-state index contributed by atoms with van der Waals surface area (Å²) in [6, 6.07) is 10.00. The van der Waals surface area contributed by atoms with Crippen molar-refractivity contribution in [3.63, 3.8) is 0 Å². The Hall–Kier alpha value is -0.630. The minimum atomic E-state index is -4.22. The number of fused-ring (bicyclic) bond motifs is 1. The molecule has 0 bridgehead atoms. The molecule has 0 fully saturated rings. The van der Waals surface area contributed by atoms with E-state index >= 15 is 0 Å². The van der Waals surface area contributed by atoms with Gasteiger partial charge in [0.05, 0.1) is 0 Å². The van der Waals surface area contributed by atoms with Gasteiger partial charge in [-0.1, -0.05) is 24.3 Å². The Morgan fingerprint density at radius 2 is 1.74 bits per heavy atom. The van der Waals surface area contributed by atoms with Crippen LogP contribution < -0.4 is 11.1 Å². The average Bonchev–Trinajstić information content (AvgIpc) is 2.34. The molecule has 0 heterocycles. The van der Waals surface area contributed by atoms with E-state index in [2.05, 4.69) is 5.32 Å². The maximum absolute atomic E-state index is 11.3. The zero-order valence-corrected chi connectivity index (χ0v) is 10.4. The van der Waals surface area contributed by atoms with Crippen LogP contribution in [0.2, 0.25) is 0 Å². The number of nitrogens with two attached hydrogens (primary N) is 1. The molecule has 0 unspecified atom stereocenters. The minimum absolute atomic E-state index is 0. The molecule has 19 heavy (non-hydrogen) atoms. The van der Waals surface area contributed by atoms with Gasteiger partial charge in [0.25, 0.3) is 10.1 Å². The third-order valence-corrected chi connectivity index (χ3v) is 3.53. The second-order valence-electron chi connectivity index (χ2n) is 3.85. The van der Waals surface area contributed by atoms with Gasteiger partial charge in [0.1, 0.15) is 4.90 Å². The van der Waals surface area contributed by atoms with Crippen LogP contribution >= 0.6 is 0 Å². The molecule has 0 amide bonds. The molecule has 4 N–H and O–H groups in total. The van der Waals surface area contributed by atoms with Crippen molar-refractivity contribution in [1.82, 2.24) is 0 Å². The first-order valence-electron chi connectivity index (χ1n) is 5.47. The Kier molecular flexibility index (Phi) is 5.79. The molecule has 2 aromatic carbocycles. The van der Waals surface area contributed by atoms with E-state index in [1.54, 1.807) is 24.3 Å². The molecule has 0 atom stereocenters. The van der Waals surface area contributed by atoms with Gasteiger partial charge in [0, 0.05) is 29.5 Å². The number of benzene rings is 2. The van der Waals surface area contributed by atoms with Crippen molar-refractivity contribution in [1.29, 1.82) is 0 Å². The fourth-order valence-corrected chi connectivity index (χ4v) is 2.57. The molecule has 0 radical (unpaired) electrons. The molecule has 0 aliphatic heterocycles. The van der Waals surface area contributed by atoms with Gasteiger partial charge in [-0.3, -0.25) is 4.55 Å². The summed E-state index contributed by atoms with van der Waals surface area (Å²) in [5.74, 6) is 0. The number of hydrogen-bond donors (Lipinski definition) is 3. The SMILES string of the molecule is NCCNc1cccc2c(S(=O)(=O)O)cccc12.[NaH]. The second kappa shape index (κ2) is 6.69. The number of nitrogens with one attached hydrogen (secondary N) is 1. The Morgan fingerprint density at radius 3 is 2.37 bits per heavy atom. The van der Waals surface area contributed by atoms with Gasteiger partial charge >= 0.3 is 29.6 Å². The van der Waals surface area contributed by atoms with Crippen LogP contribution in [0.15, 0.2) is 41.3 Å². The predicted octanol–water partition coefficient (Wildman–Crippen LogP) is 0.809. The van der Waals surface area contributed by atoms with Crippen molar-refractivity contribution in [2.75, 3.05) is 18.4 Å². The number of anilines is 1. The summed E-state index contributed by atoms with van der Waals surface area (Å²) in [4.78, 5) is -0.0867. The van der Waals surface area contributed by atoms with Crippen LogP contribution in [0.25, 0.3) is 10.8 Å². The van der Waals surface area contributed by atoms with E-state index in [4.69, 9.17) is 5.73 Å². The van der Waals surface area contributed by atoms with Crippen LogP contribution in [0.1, 0.15) is 0 Å². The maximum atomic E-state index is 11.3. The van der Waals surface area contributed by atoms with Crippen molar-refractivity contribution < 1.29 is 13.0 Å². The van der Waals surface area contributed by atoms with E-state index in [9.17, 15) is 13.0 Å². The first kappa shape index (κ1) is 16.4. The van der Waals surface area contributed by atoms with Gasteiger partial charge < -0.3 is 11.1 Å². The van der Waals surface area contributed by atoms with Crippen LogP contribution in [-0.4, -0.2) is 55.6 Å². The van der Waals surface area contributed by atoms with Gasteiger partial charge in [0.15, 0.2) is 0 Å². The van der Waals surface area contributed by atoms with Gasteiger partial charge in [-0.15, -0.1) is 0 Å². The molecule has 0 aliphatic rings. The molecule has 0 saturated carbocycles. The number of hydrogen-bond acceptors (Lipinski definition) is 4. The Bertz CT molecular complexity index is 674. The molecule has 98 valence electrons. The van der Waals surface area contributed by atoms with Crippen molar-refractivity contribution >= 4 is 56.1 Å². The van der Waals surface area contributed by atoms with E-state index in [1.165, 1.54) is 6.07 Å². The quantitative estimate of drug-likeness (QED) is 0.572. The molecule has 2 aromatic rings. The zero-order valence-electron chi connectivity index (χ0n) is 9.63. The molecule has 7 heteroatoms. The number of rotatable bonds is 4. The molecule has 0 saturated heterocycles. The summed E-state index contributed by atoms with van der Waals surface area (Å²) in [6.45, 7) is 1.07. The van der Waals surface area contributed by atoms with Crippen LogP contribution in [0.4, 0.5) is 5.69 Å². The third-order valence-electron chi connectivity index (χ3n) is 2.62. The normalized spacial score (nSPS) is 11.1. The van der Waals surface area contributed by atoms with E-state index < -0.39 is 10.1 Å². The molecular weight excluding hydrogens is 275 g/mol. The molecule has 2 rings (SSSR count). The molecule has 0 aromatic heterocycles. The molecule has 0 spiro atoms. The van der Waals surface area contributed by atoms with Crippen LogP contribution in [0, 0.1) is 0 Å². The Balaban J connectivity index is 0.00000180. The first-order chi connectivity index (χ1) is 8.54. The van der Waals surface area contributed by atoms with Gasteiger partial charge in [0.2, 0.25) is 0 Å². The van der Waals surface area contributed by atoms with Gasteiger partial charge in [-0.05, 0) is 12.1 Å². The standard InChI is InChI=1S/C12H14N2O3S.Na.H/c13-7-8-14-11-5-1-4-10-9(11)3-2-6-12(10)18(15,16)17;;/h1-6,14H,7-8,13H2,(H,15,16,17);;. The third kappa shape index (κ3) is 3.68. The monoisotopic (exact) mass is 290 g/mol. The van der Waals surface area contributed by atoms with Crippen LogP contribution in [-0.2, 0) is 10.1 Å². The summed E-state index contributed by atoms with van der Waals surface area (Å²) in [5, 5.41) is 4.34. The van der Waals surface area contributed by atoms with Gasteiger partial charge in [-0.2, -0.15) is 8.42 Å². The molecular formula is C12H15N2NaO3S. The second-order valence-corrected chi connectivity index (χ2v) is 5.24. The van der Waals surface area contributed by atoms with E-state index in [-0.39, 0.29) is 34.5 Å². The van der Waals surface area contributed by atoms with E-state index in [1.807, 2.05) is 6.07 Å². The Morgan fingerprint density at radius 1 is 1.11 bits per heavy atom. The predicted molar refractivity (Wildman–Crippen MR) is 78.5 cm³/mol. The van der Waals surface area contributed by atoms with Crippen molar-refractivity contribution in [2.45, 2.75) is 4.90 Å². The Labute approximate surface area is 134 Å². The van der Waals surface area contributed by atoms with Gasteiger partial charge in [-0.25, -0.2) is 0 Å². The van der Waals surface area contributed by atoms with E-state index in [0.717, 1.165) is 11.1 Å². The summed E-state index contributed by atoms with van der Waals surface area (Å²) in [5.41, 5.74) is 6.22. The van der Waals surface area contributed by atoms with Crippen molar-refractivity contribution in [3.8, 4) is 0 Å². The summed E-state index contributed by atoms with van der Waals surface area (Å²) in [7, 11) is -4.22. The summed E-state index contributed by atoms with van der Waals surface area (Å²) in [6.07, 6.45) is 0. The van der Waals surface area contributed by atoms with E-state index in [0.29, 0.717) is 18.5 Å². The van der Waals surface area contributed by atoms with Crippen LogP contribution in [0.5, 0.6) is 0 Å². The first-order valence-corrected chi connectivity index (χ1v) is 6.91. The summed E-state index contributed by atoms with van der Waals surface area (Å²) < 4.78 is 31.8. The fraction of sp³-hybridized carbons (Fsp3) is 0.167.